The van der Waals surface area contributed by atoms with Gasteiger partial charge >= 0.3 is 6.01 Å². The Kier molecular flexibility index (Phi) is 3.61. The summed E-state index contributed by atoms with van der Waals surface area (Å²) in [5, 5.41) is 2.86. The van der Waals surface area contributed by atoms with Crippen LogP contribution in [0.1, 0.15) is 13.8 Å². The smallest absolute Gasteiger partial charge is 0.322 e. The van der Waals surface area contributed by atoms with E-state index in [1.807, 2.05) is 13.8 Å². The van der Waals surface area contributed by atoms with Crippen molar-refractivity contribution in [3.05, 3.63) is 18.6 Å². The van der Waals surface area contributed by atoms with Crippen molar-refractivity contribution in [2.75, 3.05) is 12.4 Å². The summed E-state index contributed by atoms with van der Waals surface area (Å²) in [7, 11) is 1.73. The second kappa shape index (κ2) is 5.35. The van der Waals surface area contributed by atoms with E-state index >= 15 is 0 Å². The molecule has 0 aromatic carbocycles. The van der Waals surface area contributed by atoms with Crippen molar-refractivity contribution in [2.45, 2.75) is 20.0 Å². The Morgan fingerprint density at radius 2 is 2.00 bits per heavy atom. The van der Waals surface area contributed by atoms with Crippen LogP contribution in [-0.2, 0) is 0 Å². The molecular weight excluding hydrogens is 232 g/mol. The molecule has 0 aliphatic rings. The first-order chi connectivity index (χ1) is 8.69. The fourth-order valence-corrected chi connectivity index (χ4v) is 1.26. The van der Waals surface area contributed by atoms with Crippen LogP contribution in [0.2, 0.25) is 0 Å². The van der Waals surface area contributed by atoms with E-state index in [-0.39, 0.29) is 12.1 Å². The van der Waals surface area contributed by atoms with Crippen LogP contribution in [0.4, 0.5) is 5.95 Å². The first kappa shape index (κ1) is 12.2. The van der Waals surface area contributed by atoms with Gasteiger partial charge in [-0.2, -0.15) is 15.0 Å². The van der Waals surface area contributed by atoms with Crippen molar-refractivity contribution in [3.8, 4) is 17.5 Å². The molecule has 1 N–H and O–H groups in total. The zero-order chi connectivity index (χ0) is 13.0. The van der Waals surface area contributed by atoms with Crippen LogP contribution >= 0.6 is 0 Å². The van der Waals surface area contributed by atoms with Crippen LogP contribution in [0.3, 0.4) is 0 Å². The Bertz CT molecular complexity index is 516. The number of aromatic nitrogens is 5. The average molecular weight is 246 g/mol. The van der Waals surface area contributed by atoms with Gasteiger partial charge < -0.3 is 10.1 Å². The van der Waals surface area contributed by atoms with E-state index in [0.29, 0.717) is 17.5 Å². The SMILES string of the molecule is CNc1nc(OC(C)C)nc(-c2cnccn2)n1. The van der Waals surface area contributed by atoms with Crippen LogP contribution in [-0.4, -0.2) is 38.1 Å². The van der Waals surface area contributed by atoms with E-state index in [9.17, 15) is 0 Å². The lowest BCUT2D eigenvalue weighted by atomic mass is 10.4. The van der Waals surface area contributed by atoms with E-state index < -0.39 is 0 Å². The highest BCUT2D eigenvalue weighted by Gasteiger charge is 2.10. The maximum absolute atomic E-state index is 5.47. The maximum Gasteiger partial charge on any atom is 0.322 e. The fraction of sp³-hybridized carbons (Fsp3) is 0.364. The molecule has 0 aliphatic carbocycles. The molecule has 0 saturated carbocycles. The van der Waals surface area contributed by atoms with Gasteiger partial charge in [0.1, 0.15) is 5.69 Å². The van der Waals surface area contributed by atoms with Crippen molar-refractivity contribution in [2.24, 2.45) is 0 Å². The topological polar surface area (TPSA) is 85.7 Å². The summed E-state index contributed by atoms with van der Waals surface area (Å²) in [6.07, 6.45) is 4.76. The molecule has 0 amide bonds. The first-order valence-corrected chi connectivity index (χ1v) is 5.56. The van der Waals surface area contributed by atoms with Gasteiger partial charge in [0, 0.05) is 19.4 Å². The highest BCUT2D eigenvalue weighted by Crippen LogP contribution is 2.16. The number of hydrogen-bond donors (Lipinski definition) is 1. The number of nitrogens with one attached hydrogen (secondary N) is 1. The normalized spacial score (nSPS) is 10.4. The Hall–Kier alpha value is -2.31. The Labute approximate surface area is 105 Å². The second-order valence-corrected chi connectivity index (χ2v) is 3.77. The Balaban J connectivity index is 2.41. The molecule has 0 fully saturated rings. The predicted octanol–water partition coefficient (Wildman–Crippen LogP) is 1.16. The van der Waals surface area contributed by atoms with Gasteiger partial charge in [0.2, 0.25) is 5.95 Å². The third kappa shape index (κ3) is 2.88. The maximum atomic E-state index is 5.47. The second-order valence-electron chi connectivity index (χ2n) is 3.77. The Morgan fingerprint density at radius 1 is 1.17 bits per heavy atom. The molecule has 0 saturated heterocycles. The average Bonchev–Trinajstić information content (AvgIpc) is 2.38. The molecule has 2 rings (SSSR count). The molecule has 18 heavy (non-hydrogen) atoms. The minimum absolute atomic E-state index is 0.00758. The molecule has 94 valence electrons. The van der Waals surface area contributed by atoms with Gasteiger partial charge in [-0.1, -0.05) is 0 Å². The lowest BCUT2D eigenvalue weighted by molar-refractivity contribution is 0.222. The largest absolute Gasteiger partial charge is 0.461 e. The van der Waals surface area contributed by atoms with Crippen LogP contribution < -0.4 is 10.1 Å². The highest BCUT2D eigenvalue weighted by molar-refractivity contribution is 5.49. The third-order valence-electron chi connectivity index (χ3n) is 1.97. The van der Waals surface area contributed by atoms with Gasteiger partial charge in [0.05, 0.1) is 12.3 Å². The number of anilines is 1. The van der Waals surface area contributed by atoms with Crippen LogP contribution in [0.5, 0.6) is 6.01 Å². The number of ether oxygens (including phenoxy) is 1. The first-order valence-electron chi connectivity index (χ1n) is 5.56. The zero-order valence-corrected chi connectivity index (χ0v) is 10.5. The van der Waals surface area contributed by atoms with Crippen molar-refractivity contribution < 1.29 is 4.74 Å². The van der Waals surface area contributed by atoms with Gasteiger partial charge in [-0.3, -0.25) is 4.98 Å². The molecule has 0 atom stereocenters. The van der Waals surface area contributed by atoms with Gasteiger partial charge in [-0.25, -0.2) is 4.98 Å². The molecule has 0 bridgehead atoms. The van der Waals surface area contributed by atoms with E-state index in [2.05, 4.69) is 30.2 Å². The minimum Gasteiger partial charge on any atom is -0.461 e. The van der Waals surface area contributed by atoms with Crippen LogP contribution in [0.25, 0.3) is 11.5 Å². The number of nitrogens with zero attached hydrogens (tertiary/aromatic N) is 5. The molecule has 0 radical (unpaired) electrons. The molecule has 7 nitrogen and oxygen atoms in total. The summed E-state index contributed by atoms with van der Waals surface area (Å²) in [4.78, 5) is 20.7. The van der Waals surface area contributed by atoms with Crippen molar-refractivity contribution >= 4 is 5.95 Å². The molecule has 0 unspecified atom stereocenters. The monoisotopic (exact) mass is 246 g/mol. The van der Waals surface area contributed by atoms with E-state index in [4.69, 9.17) is 4.74 Å². The summed E-state index contributed by atoms with van der Waals surface area (Å²) in [5.74, 6) is 0.861. The van der Waals surface area contributed by atoms with Gasteiger partial charge in [-0.15, -0.1) is 0 Å². The third-order valence-corrected chi connectivity index (χ3v) is 1.97. The lowest BCUT2D eigenvalue weighted by Crippen LogP contribution is -2.11. The summed E-state index contributed by atoms with van der Waals surface area (Å²) in [6, 6.07) is 0.269. The van der Waals surface area contributed by atoms with Gasteiger partial charge in [-0.05, 0) is 13.8 Å². The standard InChI is InChI=1S/C11H14N6O/c1-7(2)18-11-16-9(15-10(12-3)17-11)8-6-13-4-5-14-8/h4-7H,1-3H3,(H,12,15,16,17). The van der Waals surface area contributed by atoms with Crippen molar-refractivity contribution in [1.29, 1.82) is 0 Å². The molecule has 2 aromatic rings. The molecule has 7 heteroatoms. The highest BCUT2D eigenvalue weighted by atomic mass is 16.5. The quantitative estimate of drug-likeness (QED) is 0.866. The predicted molar refractivity (Wildman–Crippen MR) is 66.2 cm³/mol. The summed E-state index contributed by atoms with van der Waals surface area (Å²) >= 11 is 0. The summed E-state index contributed by atoms with van der Waals surface area (Å²) in [6.45, 7) is 3.82. The summed E-state index contributed by atoms with van der Waals surface area (Å²) in [5.41, 5.74) is 0.574. The van der Waals surface area contributed by atoms with Crippen molar-refractivity contribution in [1.82, 2.24) is 24.9 Å². The van der Waals surface area contributed by atoms with E-state index in [1.54, 1.807) is 25.6 Å². The van der Waals surface area contributed by atoms with E-state index in [1.165, 1.54) is 0 Å². The van der Waals surface area contributed by atoms with Crippen LogP contribution in [0, 0.1) is 0 Å². The Morgan fingerprint density at radius 3 is 2.61 bits per heavy atom. The molecule has 2 heterocycles. The fourth-order valence-electron chi connectivity index (χ4n) is 1.26. The zero-order valence-electron chi connectivity index (χ0n) is 10.5. The van der Waals surface area contributed by atoms with Gasteiger partial charge in [0.15, 0.2) is 5.82 Å². The van der Waals surface area contributed by atoms with E-state index in [0.717, 1.165) is 0 Å². The number of rotatable bonds is 4. The van der Waals surface area contributed by atoms with Gasteiger partial charge in [0.25, 0.3) is 0 Å². The minimum atomic E-state index is -0.00758. The number of hydrogen-bond acceptors (Lipinski definition) is 7. The molecule has 0 spiro atoms. The van der Waals surface area contributed by atoms with Crippen molar-refractivity contribution in [3.63, 3.8) is 0 Å². The molecular formula is C11H14N6O. The lowest BCUT2D eigenvalue weighted by Gasteiger charge is -2.09. The molecule has 0 aliphatic heterocycles. The molecule has 2 aromatic heterocycles. The van der Waals surface area contributed by atoms with Crippen LogP contribution in [0.15, 0.2) is 18.6 Å². The summed E-state index contributed by atoms with van der Waals surface area (Å²) < 4.78 is 5.47.